The van der Waals surface area contributed by atoms with E-state index in [0.717, 1.165) is 9.86 Å². The van der Waals surface area contributed by atoms with Crippen molar-refractivity contribution in [1.82, 2.24) is 0 Å². The molecule has 0 unspecified atom stereocenters. The fourth-order valence-electron chi connectivity index (χ4n) is 2.97. The van der Waals surface area contributed by atoms with Gasteiger partial charge < -0.3 is 19.6 Å². The van der Waals surface area contributed by atoms with Crippen LogP contribution in [0.15, 0.2) is 79.0 Å². The molecule has 6 nitrogen and oxygen atoms in total. The monoisotopic (exact) mass is 542 g/mol. The number of para-hydroxylation sites is 1. The van der Waals surface area contributed by atoms with Crippen LogP contribution in [0.25, 0.3) is 11.0 Å². The van der Waals surface area contributed by atoms with Gasteiger partial charge in [0, 0.05) is 27.7 Å². The van der Waals surface area contributed by atoms with Crippen LogP contribution in [0.4, 0.5) is 11.4 Å². The van der Waals surface area contributed by atoms with Crippen molar-refractivity contribution in [2.24, 2.45) is 4.99 Å². The summed E-state index contributed by atoms with van der Waals surface area (Å²) in [6, 6.07) is 17.7. The predicted octanol–water partition coefficient (Wildman–Crippen LogP) is 6.67. The average Bonchev–Trinajstić information content (AvgIpc) is 3.20. The van der Waals surface area contributed by atoms with Crippen LogP contribution < -0.4 is 10.1 Å². The van der Waals surface area contributed by atoms with Gasteiger partial charge >= 0.3 is 0 Å². The zero-order chi connectivity index (χ0) is 22.0. The molecule has 0 fully saturated rings. The smallest absolute Gasteiger partial charge is 0.291 e. The van der Waals surface area contributed by atoms with Crippen molar-refractivity contribution in [1.29, 1.82) is 0 Å². The molecule has 0 radical (unpaired) electrons. The summed E-state index contributed by atoms with van der Waals surface area (Å²) >= 11 is 6.69. The van der Waals surface area contributed by atoms with Crippen LogP contribution in [-0.2, 0) is 0 Å². The number of methoxy groups -OCH3 is 1. The first kappa shape index (κ1) is 21.1. The van der Waals surface area contributed by atoms with Crippen LogP contribution >= 0.6 is 31.9 Å². The summed E-state index contributed by atoms with van der Waals surface area (Å²) in [5, 5.41) is 13.8. The Morgan fingerprint density at radius 3 is 2.71 bits per heavy atom. The number of phenolic OH excluding ortho intramolecular Hbond substituents is 1. The number of benzene rings is 3. The lowest BCUT2D eigenvalue weighted by Crippen LogP contribution is -2.11. The molecule has 0 aliphatic carbocycles. The Kier molecular flexibility index (Phi) is 6.11. The maximum Gasteiger partial charge on any atom is 0.291 e. The first-order valence-electron chi connectivity index (χ1n) is 9.14. The van der Waals surface area contributed by atoms with E-state index in [-0.39, 0.29) is 17.4 Å². The molecule has 0 spiro atoms. The Morgan fingerprint density at radius 2 is 1.94 bits per heavy atom. The maximum atomic E-state index is 12.6. The molecule has 0 saturated heterocycles. The van der Waals surface area contributed by atoms with Crippen LogP contribution in [-0.4, -0.2) is 24.3 Å². The number of aliphatic imine (C=N–C) groups is 1. The van der Waals surface area contributed by atoms with Gasteiger partial charge in [0.05, 0.1) is 23.0 Å². The van der Waals surface area contributed by atoms with Crippen molar-refractivity contribution >= 4 is 66.3 Å². The second kappa shape index (κ2) is 8.95. The third kappa shape index (κ3) is 4.65. The number of fused-ring (bicyclic) bond motifs is 1. The molecule has 0 bridgehead atoms. The van der Waals surface area contributed by atoms with Crippen molar-refractivity contribution in [3.8, 4) is 11.5 Å². The van der Waals surface area contributed by atoms with E-state index < -0.39 is 0 Å². The van der Waals surface area contributed by atoms with E-state index in [1.165, 1.54) is 7.11 Å². The van der Waals surface area contributed by atoms with Crippen LogP contribution in [0.3, 0.4) is 0 Å². The van der Waals surface area contributed by atoms with Gasteiger partial charge in [-0.15, -0.1) is 0 Å². The first-order chi connectivity index (χ1) is 14.9. The molecule has 156 valence electrons. The number of anilines is 1. The lowest BCUT2D eigenvalue weighted by atomic mass is 10.2. The summed E-state index contributed by atoms with van der Waals surface area (Å²) in [6.45, 7) is 0. The Labute approximate surface area is 194 Å². The lowest BCUT2D eigenvalue weighted by molar-refractivity contribution is 0.0998. The Morgan fingerprint density at radius 1 is 1.13 bits per heavy atom. The van der Waals surface area contributed by atoms with E-state index >= 15 is 0 Å². The highest BCUT2D eigenvalue weighted by Gasteiger charge is 2.15. The zero-order valence-electron chi connectivity index (χ0n) is 16.2. The largest absolute Gasteiger partial charge is 0.506 e. The molecular weight excluding hydrogens is 528 g/mol. The molecule has 1 amide bonds. The molecule has 1 aromatic heterocycles. The lowest BCUT2D eigenvalue weighted by Gasteiger charge is -2.10. The third-order valence-corrected chi connectivity index (χ3v) is 5.56. The molecule has 31 heavy (non-hydrogen) atoms. The van der Waals surface area contributed by atoms with Gasteiger partial charge in [0.25, 0.3) is 5.91 Å². The third-order valence-electron chi connectivity index (χ3n) is 4.49. The van der Waals surface area contributed by atoms with E-state index in [1.54, 1.807) is 48.7 Å². The van der Waals surface area contributed by atoms with E-state index in [0.29, 0.717) is 32.7 Å². The van der Waals surface area contributed by atoms with Gasteiger partial charge in [-0.1, -0.05) is 34.1 Å². The molecule has 0 saturated carbocycles. The van der Waals surface area contributed by atoms with Gasteiger partial charge in [-0.2, -0.15) is 0 Å². The summed E-state index contributed by atoms with van der Waals surface area (Å²) in [5.74, 6) is 0.364. The fourth-order valence-corrected chi connectivity index (χ4v) is 4.23. The number of furan rings is 1. The number of carbonyl (C=O) groups excluding carboxylic acids is 1. The Hall–Kier alpha value is -3.10. The van der Waals surface area contributed by atoms with E-state index in [9.17, 15) is 9.90 Å². The number of aromatic hydroxyl groups is 1. The minimum absolute atomic E-state index is 0.0913. The van der Waals surface area contributed by atoms with Gasteiger partial charge in [-0.05, 0) is 52.3 Å². The van der Waals surface area contributed by atoms with Crippen molar-refractivity contribution < 1.29 is 19.1 Å². The van der Waals surface area contributed by atoms with Crippen LogP contribution in [0.2, 0.25) is 0 Å². The van der Waals surface area contributed by atoms with Gasteiger partial charge in [0.2, 0.25) is 0 Å². The molecule has 0 aliphatic heterocycles. The Balaban J connectivity index is 1.56. The highest BCUT2D eigenvalue weighted by atomic mass is 79.9. The molecule has 1 heterocycles. The summed E-state index contributed by atoms with van der Waals surface area (Å²) in [6.07, 6.45) is 1.55. The minimum atomic E-state index is -0.380. The van der Waals surface area contributed by atoms with Crippen LogP contribution in [0.1, 0.15) is 16.1 Å². The van der Waals surface area contributed by atoms with Gasteiger partial charge in [-0.25, -0.2) is 0 Å². The molecular formula is C23H16Br2N2O4. The molecule has 4 aromatic rings. The summed E-state index contributed by atoms with van der Waals surface area (Å²) in [7, 11) is 1.51. The molecule has 2 N–H and O–H groups in total. The molecule has 8 heteroatoms. The zero-order valence-corrected chi connectivity index (χ0v) is 19.4. The number of nitrogens with one attached hydrogen (secondary N) is 1. The fraction of sp³-hybridized carbons (Fsp3) is 0.0435. The molecule has 0 aliphatic rings. The number of nitrogens with zero attached hydrogens (tertiary/aromatic N) is 1. The normalized spacial score (nSPS) is 11.2. The van der Waals surface area contributed by atoms with Gasteiger partial charge in [0.1, 0.15) is 17.1 Å². The maximum absolute atomic E-state index is 12.6. The molecule has 4 rings (SSSR count). The SMILES string of the molecule is COc1cc(N=Cc2cc(Br)cc(Br)c2O)ccc1NC(=O)c1cc2ccccc2o1. The number of amides is 1. The van der Waals surface area contributed by atoms with E-state index in [1.807, 2.05) is 18.2 Å². The number of hydrogen-bond acceptors (Lipinski definition) is 5. The standard InChI is InChI=1S/C23H16Br2N2O4/c1-30-20-11-16(26-12-14-8-15(24)10-17(25)22(14)28)6-7-18(20)27-23(29)21-9-13-4-2-3-5-19(13)31-21/h2-12,28H,1H3,(H,27,29). The molecule has 3 aromatic carbocycles. The topological polar surface area (TPSA) is 84.1 Å². The number of ether oxygens (including phenoxy) is 1. The summed E-state index contributed by atoms with van der Waals surface area (Å²) in [4.78, 5) is 17.0. The van der Waals surface area contributed by atoms with E-state index in [4.69, 9.17) is 9.15 Å². The van der Waals surface area contributed by atoms with Crippen LogP contribution in [0.5, 0.6) is 11.5 Å². The number of halogens is 2. The number of hydrogen-bond donors (Lipinski definition) is 2. The van der Waals surface area contributed by atoms with Crippen molar-refractivity contribution in [3.05, 3.63) is 80.9 Å². The second-order valence-corrected chi connectivity index (χ2v) is 8.34. The van der Waals surface area contributed by atoms with Crippen molar-refractivity contribution in [2.45, 2.75) is 0 Å². The first-order valence-corrected chi connectivity index (χ1v) is 10.7. The number of carbonyl (C=O) groups is 1. The summed E-state index contributed by atoms with van der Waals surface area (Å²) in [5.41, 5.74) is 2.27. The Bertz CT molecular complexity index is 1280. The highest BCUT2D eigenvalue weighted by Crippen LogP contribution is 2.33. The van der Waals surface area contributed by atoms with Crippen LogP contribution in [0, 0.1) is 0 Å². The average molecular weight is 544 g/mol. The van der Waals surface area contributed by atoms with Gasteiger partial charge in [-0.3, -0.25) is 9.79 Å². The molecule has 0 atom stereocenters. The van der Waals surface area contributed by atoms with Crippen molar-refractivity contribution in [3.63, 3.8) is 0 Å². The van der Waals surface area contributed by atoms with Gasteiger partial charge in [0.15, 0.2) is 5.76 Å². The highest BCUT2D eigenvalue weighted by molar-refractivity contribution is 9.11. The quantitative estimate of drug-likeness (QED) is 0.275. The minimum Gasteiger partial charge on any atom is -0.506 e. The van der Waals surface area contributed by atoms with Crippen molar-refractivity contribution in [2.75, 3.05) is 12.4 Å². The second-order valence-electron chi connectivity index (χ2n) is 6.57. The predicted molar refractivity (Wildman–Crippen MR) is 128 cm³/mol. The van der Waals surface area contributed by atoms with E-state index in [2.05, 4.69) is 42.2 Å². The number of rotatable bonds is 5. The number of phenols is 1. The summed E-state index contributed by atoms with van der Waals surface area (Å²) < 4.78 is 12.4.